The molecule has 5 heteroatoms. The van der Waals surface area contributed by atoms with Crippen LogP contribution in [0.3, 0.4) is 0 Å². The maximum absolute atomic E-state index is 11.8. The summed E-state index contributed by atoms with van der Waals surface area (Å²) in [6.07, 6.45) is 0. The summed E-state index contributed by atoms with van der Waals surface area (Å²) in [7, 11) is 0. The van der Waals surface area contributed by atoms with Crippen LogP contribution in [-0.4, -0.2) is 17.4 Å². The fourth-order valence-corrected chi connectivity index (χ4v) is 2.38. The number of nitrogens with two attached hydrogens (primary N) is 1. The molecule has 2 aromatic rings. The van der Waals surface area contributed by atoms with Crippen LogP contribution in [0.15, 0.2) is 29.6 Å². The normalized spacial score (nSPS) is 12.2. The lowest BCUT2D eigenvalue weighted by Crippen LogP contribution is -2.26. The molecule has 0 saturated carbocycles. The van der Waals surface area contributed by atoms with E-state index in [-0.39, 0.29) is 11.8 Å². The van der Waals surface area contributed by atoms with Gasteiger partial charge in [0.05, 0.1) is 0 Å². The monoisotopic (exact) mass is 275 g/mol. The standard InChI is InChI=1S/C14H17N3OS/c1-9(7-15)13(18)17-12-5-3-4-11(6-12)14-16-10(2)8-19-14/h3-6,8-9H,7,15H2,1-2H3,(H,17,18). The van der Waals surface area contributed by atoms with Crippen molar-refractivity contribution < 1.29 is 4.79 Å². The Kier molecular flexibility index (Phi) is 4.29. The summed E-state index contributed by atoms with van der Waals surface area (Å²) >= 11 is 1.60. The van der Waals surface area contributed by atoms with E-state index < -0.39 is 0 Å². The molecule has 0 saturated heterocycles. The second kappa shape index (κ2) is 5.95. The first-order valence-corrected chi connectivity index (χ1v) is 7.01. The summed E-state index contributed by atoms with van der Waals surface area (Å²) in [5.74, 6) is -0.249. The number of hydrogen-bond donors (Lipinski definition) is 2. The zero-order valence-corrected chi connectivity index (χ0v) is 11.8. The number of rotatable bonds is 4. The van der Waals surface area contributed by atoms with Gasteiger partial charge < -0.3 is 11.1 Å². The molecule has 1 aromatic heterocycles. The number of hydrogen-bond acceptors (Lipinski definition) is 4. The number of anilines is 1. The van der Waals surface area contributed by atoms with E-state index in [1.807, 2.05) is 43.5 Å². The van der Waals surface area contributed by atoms with Gasteiger partial charge in [0.1, 0.15) is 5.01 Å². The second-order valence-corrected chi connectivity index (χ2v) is 5.36. The lowest BCUT2D eigenvalue weighted by Gasteiger charge is -2.10. The predicted molar refractivity (Wildman–Crippen MR) is 79.1 cm³/mol. The van der Waals surface area contributed by atoms with Gasteiger partial charge in [-0.3, -0.25) is 4.79 Å². The molecule has 0 spiro atoms. The maximum atomic E-state index is 11.8. The molecule has 0 radical (unpaired) electrons. The molecular formula is C14H17N3OS. The highest BCUT2D eigenvalue weighted by molar-refractivity contribution is 7.13. The van der Waals surface area contributed by atoms with Crippen molar-refractivity contribution >= 4 is 22.9 Å². The summed E-state index contributed by atoms with van der Waals surface area (Å²) in [4.78, 5) is 16.2. The van der Waals surface area contributed by atoms with Crippen molar-refractivity contribution in [2.24, 2.45) is 11.7 Å². The van der Waals surface area contributed by atoms with Gasteiger partial charge in [0, 0.05) is 34.8 Å². The highest BCUT2D eigenvalue weighted by Gasteiger charge is 2.11. The Balaban J connectivity index is 2.18. The first kappa shape index (κ1) is 13.7. The highest BCUT2D eigenvalue weighted by atomic mass is 32.1. The molecular weight excluding hydrogens is 258 g/mol. The van der Waals surface area contributed by atoms with Crippen LogP contribution < -0.4 is 11.1 Å². The lowest BCUT2D eigenvalue weighted by molar-refractivity contribution is -0.119. The van der Waals surface area contributed by atoms with Crippen LogP contribution in [0.25, 0.3) is 10.6 Å². The Morgan fingerprint density at radius 2 is 2.32 bits per heavy atom. The van der Waals surface area contributed by atoms with E-state index in [2.05, 4.69) is 10.3 Å². The Morgan fingerprint density at radius 1 is 1.53 bits per heavy atom. The van der Waals surface area contributed by atoms with E-state index in [0.717, 1.165) is 22.0 Å². The van der Waals surface area contributed by atoms with Gasteiger partial charge in [-0.05, 0) is 19.1 Å². The number of aromatic nitrogens is 1. The van der Waals surface area contributed by atoms with Crippen molar-refractivity contribution in [2.45, 2.75) is 13.8 Å². The largest absolute Gasteiger partial charge is 0.330 e. The van der Waals surface area contributed by atoms with Crippen LogP contribution in [0.1, 0.15) is 12.6 Å². The van der Waals surface area contributed by atoms with Gasteiger partial charge in [-0.15, -0.1) is 11.3 Å². The molecule has 0 bridgehead atoms. The van der Waals surface area contributed by atoms with E-state index >= 15 is 0 Å². The van der Waals surface area contributed by atoms with Crippen molar-refractivity contribution in [3.8, 4) is 10.6 Å². The number of aryl methyl sites for hydroxylation is 1. The minimum absolute atomic E-state index is 0.0602. The molecule has 0 fully saturated rings. The van der Waals surface area contributed by atoms with Crippen LogP contribution in [0.2, 0.25) is 0 Å². The molecule has 0 aliphatic carbocycles. The number of carbonyl (C=O) groups is 1. The van der Waals surface area contributed by atoms with Crippen molar-refractivity contribution in [2.75, 3.05) is 11.9 Å². The average Bonchev–Trinajstić information content (AvgIpc) is 2.84. The molecule has 3 N–H and O–H groups in total. The predicted octanol–water partition coefficient (Wildman–Crippen LogP) is 2.65. The Morgan fingerprint density at radius 3 is 2.95 bits per heavy atom. The molecule has 2 rings (SSSR count). The van der Waals surface area contributed by atoms with Crippen LogP contribution in [0, 0.1) is 12.8 Å². The van der Waals surface area contributed by atoms with E-state index in [0.29, 0.717) is 6.54 Å². The third-order valence-electron chi connectivity index (χ3n) is 2.80. The number of amides is 1. The fraction of sp³-hybridized carbons (Fsp3) is 0.286. The molecule has 1 amide bonds. The molecule has 1 atom stereocenters. The Labute approximate surface area is 116 Å². The van der Waals surface area contributed by atoms with Gasteiger partial charge in [-0.25, -0.2) is 4.98 Å². The van der Waals surface area contributed by atoms with Crippen LogP contribution in [0.4, 0.5) is 5.69 Å². The van der Waals surface area contributed by atoms with Crippen molar-refractivity contribution in [1.82, 2.24) is 4.98 Å². The van der Waals surface area contributed by atoms with E-state index in [4.69, 9.17) is 5.73 Å². The number of benzene rings is 1. The van der Waals surface area contributed by atoms with Gasteiger partial charge in [0.15, 0.2) is 0 Å². The van der Waals surface area contributed by atoms with E-state index in [1.54, 1.807) is 11.3 Å². The minimum Gasteiger partial charge on any atom is -0.330 e. The van der Waals surface area contributed by atoms with Crippen molar-refractivity contribution in [1.29, 1.82) is 0 Å². The zero-order valence-electron chi connectivity index (χ0n) is 11.0. The Bertz CT molecular complexity index is 580. The summed E-state index contributed by atoms with van der Waals surface area (Å²) in [5, 5.41) is 5.84. The molecule has 1 aromatic carbocycles. The van der Waals surface area contributed by atoms with Gasteiger partial charge in [0.2, 0.25) is 5.91 Å². The number of nitrogens with one attached hydrogen (secondary N) is 1. The van der Waals surface area contributed by atoms with Gasteiger partial charge in [0.25, 0.3) is 0 Å². The number of carbonyl (C=O) groups excluding carboxylic acids is 1. The Hall–Kier alpha value is -1.72. The van der Waals surface area contributed by atoms with Crippen LogP contribution >= 0.6 is 11.3 Å². The smallest absolute Gasteiger partial charge is 0.228 e. The second-order valence-electron chi connectivity index (χ2n) is 4.50. The first-order chi connectivity index (χ1) is 9.10. The third kappa shape index (κ3) is 3.39. The third-order valence-corrected chi connectivity index (χ3v) is 3.81. The summed E-state index contributed by atoms with van der Waals surface area (Å²) in [6, 6.07) is 7.69. The summed E-state index contributed by atoms with van der Waals surface area (Å²) in [6.45, 7) is 4.12. The summed E-state index contributed by atoms with van der Waals surface area (Å²) in [5.41, 5.74) is 8.27. The van der Waals surface area contributed by atoms with Crippen molar-refractivity contribution in [3.63, 3.8) is 0 Å². The quantitative estimate of drug-likeness (QED) is 0.901. The SMILES string of the molecule is Cc1csc(-c2cccc(NC(=O)C(C)CN)c2)n1. The molecule has 4 nitrogen and oxygen atoms in total. The van der Waals surface area contributed by atoms with Crippen LogP contribution in [-0.2, 0) is 4.79 Å². The summed E-state index contributed by atoms with van der Waals surface area (Å²) < 4.78 is 0. The molecule has 1 unspecified atom stereocenters. The first-order valence-electron chi connectivity index (χ1n) is 6.13. The topological polar surface area (TPSA) is 68.0 Å². The molecule has 0 aliphatic rings. The van der Waals surface area contributed by atoms with Crippen molar-refractivity contribution in [3.05, 3.63) is 35.3 Å². The zero-order chi connectivity index (χ0) is 13.8. The molecule has 1 heterocycles. The van der Waals surface area contributed by atoms with Crippen LogP contribution in [0.5, 0.6) is 0 Å². The van der Waals surface area contributed by atoms with Gasteiger partial charge in [-0.2, -0.15) is 0 Å². The van der Waals surface area contributed by atoms with E-state index in [1.165, 1.54) is 0 Å². The molecule has 19 heavy (non-hydrogen) atoms. The van der Waals surface area contributed by atoms with Gasteiger partial charge in [-0.1, -0.05) is 19.1 Å². The fourth-order valence-electron chi connectivity index (χ4n) is 1.59. The lowest BCUT2D eigenvalue weighted by atomic mass is 10.1. The average molecular weight is 275 g/mol. The van der Waals surface area contributed by atoms with E-state index in [9.17, 15) is 4.79 Å². The molecule has 0 aliphatic heterocycles. The minimum atomic E-state index is -0.189. The number of nitrogens with zero attached hydrogens (tertiary/aromatic N) is 1. The maximum Gasteiger partial charge on any atom is 0.228 e. The highest BCUT2D eigenvalue weighted by Crippen LogP contribution is 2.25. The number of thiazole rings is 1. The molecule has 100 valence electrons. The van der Waals surface area contributed by atoms with Gasteiger partial charge >= 0.3 is 0 Å².